The van der Waals surface area contributed by atoms with E-state index >= 15 is 0 Å². The molecule has 1 N–H and O–H groups in total. The van der Waals surface area contributed by atoms with Crippen LogP contribution >= 0.6 is 11.8 Å². The second-order valence-electron chi connectivity index (χ2n) is 8.69. The van der Waals surface area contributed by atoms with Crippen LogP contribution in [0.25, 0.3) is 0 Å². The van der Waals surface area contributed by atoms with Crippen LogP contribution in [-0.2, 0) is 16.7 Å². The van der Waals surface area contributed by atoms with Crippen molar-refractivity contribution in [1.82, 2.24) is 15.3 Å². The number of hydrogen-bond acceptors (Lipinski definition) is 7. The van der Waals surface area contributed by atoms with Crippen molar-refractivity contribution in [3.8, 4) is 0 Å². The van der Waals surface area contributed by atoms with Crippen LogP contribution in [0.3, 0.4) is 0 Å². The van der Waals surface area contributed by atoms with Gasteiger partial charge in [-0.15, -0.1) is 0 Å². The molecular formula is C23H29F3N4O3S. The average Bonchev–Trinajstić information content (AvgIpc) is 3.53. The van der Waals surface area contributed by atoms with E-state index in [1.165, 1.54) is 0 Å². The molecule has 186 valence electrons. The third-order valence-corrected chi connectivity index (χ3v) is 7.08. The van der Waals surface area contributed by atoms with Gasteiger partial charge in [0.25, 0.3) is 5.91 Å². The van der Waals surface area contributed by atoms with E-state index in [0.717, 1.165) is 62.8 Å². The van der Waals surface area contributed by atoms with Crippen molar-refractivity contribution >= 4 is 23.5 Å². The second-order valence-corrected chi connectivity index (χ2v) is 9.64. The van der Waals surface area contributed by atoms with Gasteiger partial charge in [0.2, 0.25) is 0 Å². The summed E-state index contributed by atoms with van der Waals surface area (Å²) in [5.41, 5.74) is -0.962. The van der Waals surface area contributed by atoms with E-state index in [1.54, 1.807) is 19.2 Å². The predicted octanol–water partition coefficient (Wildman–Crippen LogP) is 5.06. The van der Waals surface area contributed by atoms with Crippen molar-refractivity contribution in [3.05, 3.63) is 35.4 Å². The molecule has 1 atom stereocenters. The number of hydrogen-bond donors (Lipinski definition) is 1. The molecule has 1 amide bonds. The Morgan fingerprint density at radius 2 is 1.97 bits per heavy atom. The minimum Gasteiger partial charge on any atom is -0.455 e. The molecule has 2 fully saturated rings. The largest absolute Gasteiger partial charge is 0.455 e. The zero-order valence-corrected chi connectivity index (χ0v) is 19.9. The molecule has 0 bridgehead atoms. The molecule has 1 aliphatic heterocycles. The molecule has 0 spiro atoms. The van der Waals surface area contributed by atoms with Gasteiger partial charge in [-0.2, -0.15) is 13.2 Å². The molecule has 0 aromatic carbocycles. The van der Waals surface area contributed by atoms with Gasteiger partial charge < -0.3 is 19.4 Å². The van der Waals surface area contributed by atoms with Crippen molar-refractivity contribution < 1.29 is 27.1 Å². The summed E-state index contributed by atoms with van der Waals surface area (Å²) in [5.74, 6) is 0.725. The van der Waals surface area contributed by atoms with Crippen molar-refractivity contribution in [2.75, 3.05) is 25.1 Å². The van der Waals surface area contributed by atoms with Crippen LogP contribution in [0.1, 0.15) is 67.0 Å². The number of furan rings is 1. The summed E-state index contributed by atoms with van der Waals surface area (Å²) in [6, 6.07) is 4.37. The zero-order valence-electron chi connectivity index (χ0n) is 19.1. The second kappa shape index (κ2) is 11.0. The van der Waals surface area contributed by atoms with Crippen molar-refractivity contribution in [3.63, 3.8) is 0 Å². The molecule has 34 heavy (non-hydrogen) atoms. The molecule has 2 aromatic rings. The first-order chi connectivity index (χ1) is 16.3. The van der Waals surface area contributed by atoms with E-state index in [-0.39, 0.29) is 40.5 Å². The third kappa shape index (κ3) is 6.44. The van der Waals surface area contributed by atoms with Gasteiger partial charge in [-0.1, -0.05) is 31.0 Å². The summed E-state index contributed by atoms with van der Waals surface area (Å²) >= 11 is 1.05. The molecule has 1 saturated carbocycles. The first-order valence-corrected chi connectivity index (χ1v) is 12.6. The number of aromatic nitrogens is 2. The first-order valence-electron chi connectivity index (χ1n) is 11.6. The third-order valence-electron chi connectivity index (χ3n) is 6.21. The molecular weight excluding hydrogens is 469 g/mol. The molecule has 0 radical (unpaired) electrons. The molecule has 3 heterocycles. The summed E-state index contributed by atoms with van der Waals surface area (Å²) in [5, 5.41) is 2.80. The highest BCUT2D eigenvalue weighted by Gasteiger charge is 2.34. The number of carbonyl (C=O) groups is 1. The quantitative estimate of drug-likeness (QED) is 0.403. The summed E-state index contributed by atoms with van der Waals surface area (Å²) < 4.78 is 51.6. The van der Waals surface area contributed by atoms with Crippen molar-refractivity contribution in [2.45, 2.75) is 74.2 Å². The summed E-state index contributed by atoms with van der Waals surface area (Å²) in [6.07, 6.45) is 2.51. The number of nitrogens with one attached hydrogen (secondary N) is 1. The highest BCUT2D eigenvalue weighted by Crippen LogP contribution is 2.34. The maximum absolute atomic E-state index is 13.5. The molecule has 1 aliphatic carbocycles. The monoisotopic (exact) mass is 498 g/mol. The highest BCUT2D eigenvalue weighted by molar-refractivity contribution is 7.98. The van der Waals surface area contributed by atoms with Gasteiger partial charge >= 0.3 is 6.18 Å². The first kappa shape index (κ1) is 24.8. The van der Waals surface area contributed by atoms with Crippen LogP contribution in [0.15, 0.2) is 27.8 Å². The minimum atomic E-state index is -4.57. The normalized spacial score (nSPS) is 19.4. The number of carbonyl (C=O) groups excluding carboxylic acids is 1. The Hall–Kier alpha value is -2.27. The van der Waals surface area contributed by atoms with Gasteiger partial charge in [0.1, 0.15) is 11.6 Å². The van der Waals surface area contributed by atoms with E-state index in [0.29, 0.717) is 18.9 Å². The maximum Gasteiger partial charge on any atom is 0.433 e. The fourth-order valence-electron chi connectivity index (χ4n) is 4.27. The lowest BCUT2D eigenvalue weighted by molar-refractivity contribution is -0.141. The van der Waals surface area contributed by atoms with Gasteiger partial charge in [-0.05, 0) is 37.8 Å². The lowest BCUT2D eigenvalue weighted by Gasteiger charge is -2.32. The molecule has 0 unspecified atom stereocenters. The molecule has 4 rings (SSSR count). The summed E-state index contributed by atoms with van der Waals surface area (Å²) in [6.45, 7) is 1.12. The van der Waals surface area contributed by atoms with Crippen LogP contribution in [0.2, 0.25) is 0 Å². The number of anilines is 1. The smallest absolute Gasteiger partial charge is 0.433 e. The lowest BCUT2D eigenvalue weighted by atomic mass is 9.94. The number of thioether (sulfide) groups is 1. The lowest BCUT2D eigenvalue weighted by Crippen LogP contribution is -2.34. The van der Waals surface area contributed by atoms with Crippen LogP contribution in [0.4, 0.5) is 19.0 Å². The SMILES string of the molecule is CN(c1cc(C(F)(F)F)nc(SCc2ccc(C(=O)NC[C@H]3CCCO3)o2)n1)C1CCCCC1. The molecule has 11 heteroatoms. The highest BCUT2D eigenvalue weighted by atomic mass is 32.2. The Morgan fingerprint density at radius 3 is 2.68 bits per heavy atom. The Labute approximate surface area is 200 Å². The van der Waals surface area contributed by atoms with E-state index in [1.807, 2.05) is 4.90 Å². The van der Waals surface area contributed by atoms with Crippen molar-refractivity contribution in [1.29, 1.82) is 0 Å². The van der Waals surface area contributed by atoms with E-state index < -0.39 is 11.9 Å². The standard InChI is InChI=1S/C23H29F3N4O3S/c1-30(15-6-3-2-4-7-15)20-12-19(23(24,25)26)28-22(29-20)34-14-17-9-10-18(33-17)21(31)27-13-16-8-5-11-32-16/h9-10,12,15-16H,2-8,11,13-14H2,1H3,(H,27,31)/t16-/m1/s1. The van der Waals surface area contributed by atoms with Gasteiger partial charge in [-0.25, -0.2) is 9.97 Å². The van der Waals surface area contributed by atoms with Crippen LogP contribution < -0.4 is 10.2 Å². The predicted molar refractivity (Wildman–Crippen MR) is 122 cm³/mol. The molecule has 2 aliphatic rings. The number of halogens is 3. The van der Waals surface area contributed by atoms with Gasteiger partial charge in [0, 0.05) is 32.3 Å². The number of nitrogens with zero attached hydrogens (tertiary/aromatic N) is 3. The topological polar surface area (TPSA) is 80.5 Å². The van der Waals surface area contributed by atoms with E-state index in [4.69, 9.17) is 9.15 Å². The van der Waals surface area contributed by atoms with Crippen LogP contribution in [-0.4, -0.2) is 48.2 Å². The molecule has 7 nitrogen and oxygen atoms in total. The number of amides is 1. The Balaban J connectivity index is 1.41. The maximum atomic E-state index is 13.5. The van der Waals surface area contributed by atoms with Crippen molar-refractivity contribution in [2.24, 2.45) is 0 Å². The van der Waals surface area contributed by atoms with Gasteiger partial charge in [0.05, 0.1) is 11.9 Å². The Kier molecular flexibility index (Phi) is 8.02. The summed E-state index contributed by atoms with van der Waals surface area (Å²) in [4.78, 5) is 22.3. The van der Waals surface area contributed by atoms with Crippen LogP contribution in [0.5, 0.6) is 0 Å². The fraction of sp³-hybridized carbons (Fsp3) is 0.609. The number of alkyl halides is 3. The van der Waals surface area contributed by atoms with E-state index in [9.17, 15) is 18.0 Å². The molecule has 2 aromatic heterocycles. The van der Waals surface area contributed by atoms with Gasteiger partial charge in [-0.3, -0.25) is 4.79 Å². The van der Waals surface area contributed by atoms with E-state index in [2.05, 4.69) is 15.3 Å². The molecule has 1 saturated heterocycles. The average molecular weight is 499 g/mol. The number of ether oxygens (including phenoxy) is 1. The Bertz CT molecular complexity index is 973. The zero-order chi connectivity index (χ0) is 24.1. The summed E-state index contributed by atoms with van der Waals surface area (Å²) in [7, 11) is 1.79. The number of rotatable bonds is 8. The Morgan fingerprint density at radius 1 is 1.18 bits per heavy atom. The van der Waals surface area contributed by atoms with Crippen LogP contribution in [0, 0.1) is 0 Å². The fourth-order valence-corrected chi connectivity index (χ4v) is 5.02. The van der Waals surface area contributed by atoms with Gasteiger partial charge in [0.15, 0.2) is 16.6 Å². The minimum absolute atomic E-state index is 0.0212.